The molecule has 1 aromatic carbocycles. The minimum Gasteiger partial charge on any atom is -0.366 e. The van der Waals surface area contributed by atoms with E-state index in [2.05, 4.69) is 15.0 Å². The Labute approximate surface area is 121 Å². The first-order valence-corrected chi connectivity index (χ1v) is 6.62. The van der Waals surface area contributed by atoms with Crippen molar-refractivity contribution in [3.8, 4) is 0 Å². The normalized spacial score (nSPS) is 12.2. The van der Waals surface area contributed by atoms with Gasteiger partial charge >= 0.3 is 0 Å². The largest absolute Gasteiger partial charge is 0.366 e. The number of rotatable bonds is 3. The van der Waals surface area contributed by atoms with Gasteiger partial charge in [0.2, 0.25) is 5.91 Å². The second kappa shape index (κ2) is 5.28. The van der Waals surface area contributed by atoms with E-state index < -0.39 is 5.91 Å². The molecule has 0 fully saturated rings. The number of pyridine rings is 1. The fourth-order valence-electron chi connectivity index (χ4n) is 2.20. The third-order valence-electron chi connectivity index (χ3n) is 3.41. The van der Waals surface area contributed by atoms with Crippen LogP contribution in [-0.2, 0) is 0 Å². The number of benzene rings is 1. The zero-order chi connectivity index (χ0) is 14.8. The Kier molecular flexibility index (Phi) is 3.31. The summed E-state index contributed by atoms with van der Waals surface area (Å²) in [6, 6.07) is 10.9. The summed E-state index contributed by atoms with van der Waals surface area (Å²) >= 11 is 0. The van der Waals surface area contributed by atoms with Gasteiger partial charge in [0, 0.05) is 23.3 Å². The molecule has 0 aliphatic rings. The van der Waals surface area contributed by atoms with Gasteiger partial charge in [0.15, 0.2) is 0 Å². The predicted molar refractivity (Wildman–Crippen MR) is 79.8 cm³/mol. The van der Waals surface area contributed by atoms with Gasteiger partial charge in [-0.3, -0.25) is 9.78 Å². The molecule has 0 aliphatic heterocycles. The molecule has 0 radical (unpaired) electrons. The van der Waals surface area contributed by atoms with E-state index in [1.165, 1.54) is 0 Å². The molecule has 0 aliphatic carbocycles. The number of hydrogen-bond donors (Lipinski definition) is 1. The van der Waals surface area contributed by atoms with E-state index in [0.29, 0.717) is 5.56 Å². The van der Waals surface area contributed by atoms with Crippen molar-refractivity contribution in [2.45, 2.75) is 12.8 Å². The monoisotopic (exact) mass is 278 g/mol. The molecule has 3 rings (SSSR count). The van der Waals surface area contributed by atoms with Gasteiger partial charge in [0.25, 0.3) is 0 Å². The molecule has 2 N–H and O–H groups in total. The Morgan fingerprint density at radius 2 is 1.90 bits per heavy atom. The Hall–Kier alpha value is -2.82. The van der Waals surface area contributed by atoms with Crippen molar-refractivity contribution >= 4 is 16.8 Å². The maximum absolute atomic E-state index is 11.2. The topological polar surface area (TPSA) is 81.8 Å². The molecular weight excluding hydrogens is 264 g/mol. The van der Waals surface area contributed by atoms with Gasteiger partial charge in [0.05, 0.1) is 17.1 Å². The van der Waals surface area contributed by atoms with Crippen LogP contribution in [0.2, 0.25) is 0 Å². The third kappa shape index (κ3) is 2.58. The highest BCUT2D eigenvalue weighted by atomic mass is 16.1. The molecule has 2 aromatic heterocycles. The zero-order valence-corrected chi connectivity index (χ0v) is 11.5. The molecule has 0 saturated heterocycles. The lowest BCUT2D eigenvalue weighted by molar-refractivity contribution is 0.100. The molecule has 5 heteroatoms. The SMILES string of the molecule is CC(c1ccc2cc(C(N)=O)ccc2n1)c1ncccn1. The number of primary amides is 1. The van der Waals surface area contributed by atoms with Gasteiger partial charge in [-0.05, 0) is 37.3 Å². The lowest BCUT2D eigenvalue weighted by atomic mass is 10.0. The number of aromatic nitrogens is 3. The smallest absolute Gasteiger partial charge is 0.248 e. The highest BCUT2D eigenvalue weighted by molar-refractivity contribution is 5.96. The number of amides is 1. The summed E-state index contributed by atoms with van der Waals surface area (Å²) in [5.41, 5.74) is 7.47. The molecule has 21 heavy (non-hydrogen) atoms. The first-order valence-electron chi connectivity index (χ1n) is 6.62. The van der Waals surface area contributed by atoms with E-state index >= 15 is 0 Å². The molecule has 1 unspecified atom stereocenters. The molecule has 2 heterocycles. The Bertz CT molecular complexity index is 802. The van der Waals surface area contributed by atoms with Gasteiger partial charge in [-0.15, -0.1) is 0 Å². The van der Waals surface area contributed by atoms with Crippen molar-refractivity contribution < 1.29 is 4.79 Å². The maximum Gasteiger partial charge on any atom is 0.248 e. The fourth-order valence-corrected chi connectivity index (χ4v) is 2.20. The van der Waals surface area contributed by atoms with Crippen LogP contribution in [0, 0.1) is 0 Å². The van der Waals surface area contributed by atoms with E-state index in [1.807, 2.05) is 19.1 Å². The number of fused-ring (bicyclic) bond motifs is 1. The molecule has 1 atom stereocenters. The van der Waals surface area contributed by atoms with Crippen LogP contribution in [0.5, 0.6) is 0 Å². The summed E-state index contributed by atoms with van der Waals surface area (Å²) in [6.45, 7) is 2.02. The Morgan fingerprint density at radius 3 is 2.62 bits per heavy atom. The first-order chi connectivity index (χ1) is 10.1. The van der Waals surface area contributed by atoms with Crippen LogP contribution >= 0.6 is 0 Å². The van der Waals surface area contributed by atoms with E-state index in [0.717, 1.165) is 22.4 Å². The van der Waals surface area contributed by atoms with Crippen LogP contribution in [0.3, 0.4) is 0 Å². The first kappa shape index (κ1) is 13.2. The standard InChI is InChI=1S/C16H14N4O/c1-10(16-18-7-2-8-19-16)13-5-3-11-9-12(15(17)21)4-6-14(11)20-13/h2-10H,1H3,(H2,17,21). The molecule has 1 amide bonds. The highest BCUT2D eigenvalue weighted by Gasteiger charge is 2.13. The van der Waals surface area contributed by atoms with Gasteiger partial charge in [-0.1, -0.05) is 6.07 Å². The molecule has 0 saturated carbocycles. The average Bonchev–Trinajstić information content (AvgIpc) is 2.54. The molecule has 104 valence electrons. The van der Waals surface area contributed by atoms with Crippen LogP contribution in [0.4, 0.5) is 0 Å². The van der Waals surface area contributed by atoms with Crippen molar-refractivity contribution in [2.75, 3.05) is 0 Å². The second-order valence-corrected chi connectivity index (χ2v) is 4.84. The van der Waals surface area contributed by atoms with Crippen molar-refractivity contribution in [3.63, 3.8) is 0 Å². The molecular formula is C16H14N4O. The van der Waals surface area contributed by atoms with Crippen molar-refractivity contribution in [1.82, 2.24) is 15.0 Å². The number of carbonyl (C=O) groups is 1. The van der Waals surface area contributed by atoms with Gasteiger partial charge < -0.3 is 5.73 Å². The maximum atomic E-state index is 11.2. The quantitative estimate of drug-likeness (QED) is 0.796. The lowest BCUT2D eigenvalue weighted by Gasteiger charge is -2.10. The second-order valence-electron chi connectivity index (χ2n) is 4.84. The van der Waals surface area contributed by atoms with Crippen molar-refractivity contribution in [3.05, 3.63) is 65.9 Å². The number of nitrogens with two attached hydrogens (primary N) is 1. The summed E-state index contributed by atoms with van der Waals surface area (Å²) in [7, 11) is 0. The van der Waals surface area contributed by atoms with Crippen molar-refractivity contribution in [1.29, 1.82) is 0 Å². The van der Waals surface area contributed by atoms with Gasteiger partial charge in [-0.2, -0.15) is 0 Å². The molecule has 5 nitrogen and oxygen atoms in total. The summed E-state index contributed by atoms with van der Waals surface area (Å²) in [5, 5.41) is 0.885. The summed E-state index contributed by atoms with van der Waals surface area (Å²) in [6.07, 6.45) is 3.44. The van der Waals surface area contributed by atoms with Gasteiger partial charge in [-0.25, -0.2) is 9.97 Å². The number of nitrogens with zero attached hydrogens (tertiary/aromatic N) is 3. The Balaban J connectivity index is 2.02. The number of carbonyl (C=O) groups excluding carboxylic acids is 1. The average molecular weight is 278 g/mol. The minimum atomic E-state index is -0.438. The highest BCUT2D eigenvalue weighted by Crippen LogP contribution is 2.22. The molecule has 3 aromatic rings. The van der Waals surface area contributed by atoms with Crippen LogP contribution in [0.1, 0.15) is 34.7 Å². The van der Waals surface area contributed by atoms with Crippen LogP contribution < -0.4 is 5.73 Å². The van der Waals surface area contributed by atoms with E-state index in [1.54, 1.807) is 36.7 Å². The molecule has 0 spiro atoms. The summed E-state index contributed by atoms with van der Waals surface area (Å²) in [4.78, 5) is 24.3. The molecule has 0 bridgehead atoms. The predicted octanol–water partition coefficient (Wildman–Crippen LogP) is 2.28. The Morgan fingerprint density at radius 1 is 1.14 bits per heavy atom. The number of hydrogen-bond acceptors (Lipinski definition) is 4. The van der Waals surface area contributed by atoms with E-state index in [4.69, 9.17) is 5.73 Å². The fraction of sp³-hybridized carbons (Fsp3) is 0.125. The van der Waals surface area contributed by atoms with Crippen LogP contribution in [-0.4, -0.2) is 20.9 Å². The zero-order valence-electron chi connectivity index (χ0n) is 11.5. The third-order valence-corrected chi connectivity index (χ3v) is 3.41. The lowest BCUT2D eigenvalue weighted by Crippen LogP contribution is -2.10. The van der Waals surface area contributed by atoms with Crippen LogP contribution in [0.25, 0.3) is 10.9 Å². The minimum absolute atomic E-state index is 0.00594. The van der Waals surface area contributed by atoms with Gasteiger partial charge in [0.1, 0.15) is 5.82 Å². The van der Waals surface area contributed by atoms with E-state index in [9.17, 15) is 4.79 Å². The summed E-state index contributed by atoms with van der Waals surface area (Å²) < 4.78 is 0. The van der Waals surface area contributed by atoms with Crippen LogP contribution in [0.15, 0.2) is 48.8 Å². The van der Waals surface area contributed by atoms with Crippen molar-refractivity contribution in [2.24, 2.45) is 5.73 Å². The summed E-state index contributed by atoms with van der Waals surface area (Å²) in [5.74, 6) is 0.302. The van der Waals surface area contributed by atoms with E-state index in [-0.39, 0.29) is 5.92 Å².